The molecule has 130 valence electrons. The van der Waals surface area contributed by atoms with Crippen LogP contribution in [0.15, 0.2) is 18.2 Å². The Balaban J connectivity index is 1.78. The molecule has 0 aromatic heterocycles. The summed E-state index contributed by atoms with van der Waals surface area (Å²) in [5.41, 5.74) is 2.35. The van der Waals surface area contributed by atoms with E-state index in [4.69, 9.17) is 9.31 Å². The first-order valence-electron chi connectivity index (χ1n) is 9.03. The third-order valence-corrected chi connectivity index (χ3v) is 5.77. The molecule has 1 aromatic carbocycles. The van der Waals surface area contributed by atoms with Crippen LogP contribution in [-0.4, -0.2) is 24.2 Å². The molecule has 1 saturated heterocycles. The van der Waals surface area contributed by atoms with E-state index >= 15 is 0 Å². The molecule has 0 radical (unpaired) electrons. The van der Waals surface area contributed by atoms with Crippen LogP contribution in [0.1, 0.15) is 59.4 Å². The molecule has 0 bridgehead atoms. The summed E-state index contributed by atoms with van der Waals surface area (Å²) in [6.45, 7) is 10.3. The molecule has 1 aliphatic carbocycles. The number of aryl methyl sites for hydroxylation is 1. The van der Waals surface area contributed by atoms with Gasteiger partial charge in [0.1, 0.15) is 0 Å². The fourth-order valence-corrected chi connectivity index (χ4v) is 3.06. The molecule has 1 aliphatic heterocycles. The van der Waals surface area contributed by atoms with Gasteiger partial charge in [0.05, 0.1) is 11.2 Å². The van der Waals surface area contributed by atoms with E-state index in [-0.39, 0.29) is 30.1 Å². The van der Waals surface area contributed by atoms with Crippen molar-refractivity contribution in [1.82, 2.24) is 0 Å². The second-order valence-corrected chi connectivity index (χ2v) is 7.98. The number of anilines is 1. The molecule has 1 amide bonds. The standard InChI is InChI=1S/C19H28BNO3/c1-6-13-12-15(20-23-18(2,3)19(4,5)24-20)10-11-16(13)21-17(22)14-8-7-9-14/h10-12,14H,6-9H2,1-5H3,(H,21,22). The Labute approximate surface area is 145 Å². The van der Waals surface area contributed by atoms with Crippen molar-refractivity contribution in [3.63, 3.8) is 0 Å². The van der Waals surface area contributed by atoms with E-state index in [1.54, 1.807) is 0 Å². The van der Waals surface area contributed by atoms with Gasteiger partial charge in [0.25, 0.3) is 0 Å². The van der Waals surface area contributed by atoms with Gasteiger partial charge in [-0.3, -0.25) is 4.79 Å². The first-order valence-corrected chi connectivity index (χ1v) is 9.03. The zero-order chi connectivity index (χ0) is 17.5. The predicted molar refractivity (Wildman–Crippen MR) is 97.5 cm³/mol. The van der Waals surface area contributed by atoms with Crippen LogP contribution in [0.5, 0.6) is 0 Å². The lowest BCUT2D eigenvalue weighted by atomic mass is 9.78. The molecule has 2 fully saturated rings. The van der Waals surface area contributed by atoms with Gasteiger partial charge in [0.2, 0.25) is 5.91 Å². The Morgan fingerprint density at radius 2 is 1.83 bits per heavy atom. The zero-order valence-corrected chi connectivity index (χ0v) is 15.4. The number of hydrogen-bond acceptors (Lipinski definition) is 3. The maximum absolute atomic E-state index is 12.2. The number of hydrogen-bond donors (Lipinski definition) is 1. The van der Waals surface area contributed by atoms with Crippen molar-refractivity contribution in [3.05, 3.63) is 23.8 Å². The minimum atomic E-state index is -0.364. The third-order valence-electron chi connectivity index (χ3n) is 5.77. The van der Waals surface area contributed by atoms with Crippen molar-refractivity contribution >= 4 is 24.2 Å². The van der Waals surface area contributed by atoms with E-state index in [2.05, 4.69) is 46.0 Å². The molecule has 0 spiro atoms. The molecular weight excluding hydrogens is 301 g/mol. The second-order valence-electron chi connectivity index (χ2n) is 7.98. The fraction of sp³-hybridized carbons (Fsp3) is 0.632. The summed E-state index contributed by atoms with van der Waals surface area (Å²) < 4.78 is 12.3. The Morgan fingerprint density at radius 3 is 2.33 bits per heavy atom. The van der Waals surface area contributed by atoms with E-state index in [9.17, 15) is 4.79 Å². The second kappa shape index (κ2) is 6.19. The smallest absolute Gasteiger partial charge is 0.399 e. The van der Waals surface area contributed by atoms with Crippen molar-refractivity contribution in [2.24, 2.45) is 5.92 Å². The maximum atomic E-state index is 12.2. The number of carbonyl (C=O) groups is 1. The molecule has 1 aromatic rings. The SMILES string of the molecule is CCc1cc(B2OC(C)(C)C(C)(C)O2)ccc1NC(=O)C1CCC1. The van der Waals surface area contributed by atoms with Gasteiger partial charge in [0, 0.05) is 11.6 Å². The lowest BCUT2D eigenvalue weighted by Gasteiger charge is -2.32. The Morgan fingerprint density at radius 1 is 1.21 bits per heavy atom. The summed E-state index contributed by atoms with van der Waals surface area (Å²) in [6.07, 6.45) is 4.05. The van der Waals surface area contributed by atoms with Gasteiger partial charge >= 0.3 is 7.12 Å². The van der Waals surface area contributed by atoms with Crippen LogP contribution in [0.2, 0.25) is 0 Å². The molecule has 1 saturated carbocycles. The normalized spacial score (nSPS) is 22.3. The molecule has 3 rings (SSSR count). The van der Waals surface area contributed by atoms with Crippen LogP contribution in [0.3, 0.4) is 0 Å². The van der Waals surface area contributed by atoms with Crippen LogP contribution >= 0.6 is 0 Å². The lowest BCUT2D eigenvalue weighted by molar-refractivity contribution is -0.122. The molecule has 0 unspecified atom stereocenters. The molecular formula is C19H28BNO3. The van der Waals surface area contributed by atoms with Crippen molar-refractivity contribution in [2.75, 3.05) is 5.32 Å². The van der Waals surface area contributed by atoms with E-state index in [1.807, 2.05) is 12.1 Å². The van der Waals surface area contributed by atoms with Crippen molar-refractivity contribution in [3.8, 4) is 0 Å². The van der Waals surface area contributed by atoms with Crippen LogP contribution in [-0.2, 0) is 20.5 Å². The largest absolute Gasteiger partial charge is 0.494 e. The molecule has 1 N–H and O–H groups in total. The first kappa shape index (κ1) is 17.5. The van der Waals surface area contributed by atoms with Crippen LogP contribution < -0.4 is 10.8 Å². The highest BCUT2D eigenvalue weighted by Gasteiger charge is 2.51. The highest BCUT2D eigenvalue weighted by Crippen LogP contribution is 2.36. The van der Waals surface area contributed by atoms with Gasteiger partial charge < -0.3 is 14.6 Å². The van der Waals surface area contributed by atoms with E-state index in [0.717, 1.165) is 36.0 Å². The van der Waals surface area contributed by atoms with Crippen LogP contribution in [0.25, 0.3) is 0 Å². The highest BCUT2D eigenvalue weighted by molar-refractivity contribution is 6.62. The van der Waals surface area contributed by atoms with E-state index < -0.39 is 0 Å². The molecule has 1 heterocycles. The van der Waals surface area contributed by atoms with Gasteiger partial charge in [-0.2, -0.15) is 0 Å². The fourth-order valence-electron chi connectivity index (χ4n) is 3.06. The van der Waals surface area contributed by atoms with Gasteiger partial charge in [0.15, 0.2) is 0 Å². The molecule has 4 nitrogen and oxygen atoms in total. The van der Waals surface area contributed by atoms with E-state index in [1.165, 1.54) is 6.42 Å². The average molecular weight is 329 g/mol. The summed E-state index contributed by atoms with van der Waals surface area (Å²) in [6, 6.07) is 6.08. The summed E-state index contributed by atoms with van der Waals surface area (Å²) in [5, 5.41) is 3.09. The predicted octanol–water partition coefficient (Wildman–Crippen LogP) is 3.29. The lowest BCUT2D eigenvalue weighted by Crippen LogP contribution is -2.41. The summed E-state index contributed by atoms with van der Waals surface area (Å²) in [5.74, 6) is 0.344. The van der Waals surface area contributed by atoms with Gasteiger partial charge in [-0.15, -0.1) is 0 Å². The van der Waals surface area contributed by atoms with Crippen molar-refractivity contribution in [2.45, 2.75) is 71.5 Å². The highest BCUT2D eigenvalue weighted by atomic mass is 16.7. The number of nitrogens with one attached hydrogen (secondary N) is 1. The van der Waals surface area contributed by atoms with Gasteiger partial charge in [-0.1, -0.05) is 25.5 Å². The molecule has 0 atom stereocenters. The molecule has 5 heteroatoms. The Kier molecular flexibility index (Phi) is 4.52. The summed E-state index contributed by atoms with van der Waals surface area (Å²) in [7, 11) is -0.364. The van der Waals surface area contributed by atoms with Gasteiger partial charge in [-0.05, 0) is 64.1 Å². The molecule has 24 heavy (non-hydrogen) atoms. The molecule has 2 aliphatic rings. The zero-order valence-electron chi connectivity index (χ0n) is 15.4. The minimum absolute atomic E-state index is 0.152. The minimum Gasteiger partial charge on any atom is -0.399 e. The van der Waals surface area contributed by atoms with E-state index in [0.29, 0.717) is 0 Å². The maximum Gasteiger partial charge on any atom is 0.494 e. The topological polar surface area (TPSA) is 47.6 Å². The Hall–Kier alpha value is -1.33. The number of rotatable bonds is 4. The van der Waals surface area contributed by atoms with Crippen LogP contribution in [0.4, 0.5) is 5.69 Å². The quantitative estimate of drug-likeness (QED) is 0.863. The van der Waals surface area contributed by atoms with Crippen molar-refractivity contribution in [1.29, 1.82) is 0 Å². The number of amides is 1. The summed E-state index contributed by atoms with van der Waals surface area (Å²) >= 11 is 0. The monoisotopic (exact) mass is 329 g/mol. The van der Waals surface area contributed by atoms with Crippen molar-refractivity contribution < 1.29 is 14.1 Å². The van der Waals surface area contributed by atoms with Gasteiger partial charge in [-0.25, -0.2) is 0 Å². The number of carbonyl (C=O) groups excluding carboxylic acids is 1. The summed E-state index contributed by atoms with van der Waals surface area (Å²) in [4.78, 5) is 12.2. The third kappa shape index (κ3) is 3.12. The number of benzene rings is 1. The average Bonchev–Trinajstić information content (AvgIpc) is 2.65. The first-order chi connectivity index (χ1) is 11.2. The van der Waals surface area contributed by atoms with Crippen LogP contribution in [0, 0.1) is 5.92 Å². The Bertz CT molecular complexity index is 621.